The van der Waals surface area contributed by atoms with E-state index >= 15 is 0 Å². The van der Waals surface area contributed by atoms with Gasteiger partial charge in [0.25, 0.3) is 5.69 Å². The predicted octanol–water partition coefficient (Wildman–Crippen LogP) is 3.05. The molecule has 0 aliphatic carbocycles. The van der Waals surface area contributed by atoms with Crippen molar-refractivity contribution >= 4 is 22.6 Å². The number of fused-ring (bicyclic) bond motifs is 3. The highest BCUT2D eigenvalue weighted by molar-refractivity contribution is 5.92. The quantitative estimate of drug-likeness (QED) is 0.279. The summed E-state index contributed by atoms with van der Waals surface area (Å²) in [6.45, 7) is 1.57. The molecular formula is C21H14N2O7. The van der Waals surface area contributed by atoms with E-state index in [4.69, 9.17) is 13.9 Å². The molecule has 0 spiro atoms. The second-order valence-electron chi connectivity index (χ2n) is 6.58. The fourth-order valence-electron chi connectivity index (χ4n) is 3.64. The molecular weight excluding hydrogens is 392 g/mol. The van der Waals surface area contributed by atoms with E-state index in [-0.39, 0.29) is 29.2 Å². The summed E-state index contributed by atoms with van der Waals surface area (Å²) in [6.07, 6.45) is 0. The average Bonchev–Trinajstić information content (AvgIpc) is 3.11. The molecule has 2 atom stereocenters. The highest BCUT2D eigenvalue weighted by Gasteiger charge is 2.59. The van der Waals surface area contributed by atoms with Crippen LogP contribution in [0.5, 0.6) is 5.75 Å². The number of esters is 1. The van der Waals surface area contributed by atoms with E-state index in [0.29, 0.717) is 10.9 Å². The van der Waals surface area contributed by atoms with Crippen molar-refractivity contribution in [3.05, 3.63) is 80.2 Å². The third-order valence-electron chi connectivity index (χ3n) is 4.94. The molecule has 1 aliphatic heterocycles. The number of nitro benzene ring substituents is 1. The highest BCUT2D eigenvalue weighted by Crippen LogP contribution is 2.50. The minimum Gasteiger partial charge on any atom is -0.462 e. The lowest BCUT2D eigenvalue weighted by Crippen LogP contribution is -2.47. The maximum absolute atomic E-state index is 12.9. The first kappa shape index (κ1) is 19.1. The molecule has 0 radical (unpaired) electrons. The Kier molecular flexibility index (Phi) is 4.47. The normalized spacial score (nSPS) is 19.5. The van der Waals surface area contributed by atoms with E-state index in [0.717, 1.165) is 0 Å². The maximum atomic E-state index is 12.9. The lowest BCUT2D eigenvalue weighted by molar-refractivity contribution is -0.384. The molecule has 0 bridgehead atoms. The van der Waals surface area contributed by atoms with Crippen LogP contribution in [0.3, 0.4) is 0 Å². The number of nitro groups is 1. The van der Waals surface area contributed by atoms with E-state index in [9.17, 15) is 25.0 Å². The number of carbonyl (C=O) groups is 1. The summed E-state index contributed by atoms with van der Waals surface area (Å²) in [6, 6.07) is 13.7. The Morgan fingerprint density at radius 3 is 2.60 bits per heavy atom. The second-order valence-corrected chi connectivity index (χ2v) is 6.58. The predicted molar refractivity (Wildman–Crippen MR) is 103 cm³/mol. The van der Waals surface area contributed by atoms with Crippen molar-refractivity contribution in [2.75, 3.05) is 6.61 Å². The van der Waals surface area contributed by atoms with Crippen LogP contribution in [0.2, 0.25) is 0 Å². The van der Waals surface area contributed by atoms with Gasteiger partial charge in [0.05, 0.1) is 28.4 Å². The standard InChI is InChI=1S/C21H14N2O7/c1-2-28-20(25)21(11-22)17(12-7-9-13(10-8-12)23(26)27)16-18(30-21)14-5-3-4-6-15(14)29-19(16)24/h3-10,17H,2H2,1H3. The fraction of sp³-hybridized carbons (Fsp3) is 0.190. The van der Waals surface area contributed by atoms with Gasteiger partial charge < -0.3 is 13.9 Å². The summed E-state index contributed by atoms with van der Waals surface area (Å²) in [4.78, 5) is 36.1. The zero-order valence-electron chi connectivity index (χ0n) is 15.7. The largest absolute Gasteiger partial charge is 0.462 e. The molecule has 0 saturated heterocycles. The summed E-state index contributed by atoms with van der Waals surface area (Å²) in [7, 11) is 0. The van der Waals surface area contributed by atoms with Gasteiger partial charge in [-0.3, -0.25) is 10.1 Å². The smallest absolute Gasteiger partial charge is 0.366 e. The van der Waals surface area contributed by atoms with Gasteiger partial charge in [-0.05, 0) is 24.6 Å². The number of benzene rings is 2. The van der Waals surface area contributed by atoms with Gasteiger partial charge in [-0.15, -0.1) is 0 Å². The van der Waals surface area contributed by atoms with Gasteiger partial charge in [-0.25, -0.2) is 9.59 Å². The zero-order valence-corrected chi connectivity index (χ0v) is 15.7. The van der Waals surface area contributed by atoms with E-state index in [1.807, 2.05) is 6.07 Å². The van der Waals surface area contributed by atoms with Crippen LogP contribution in [-0.2, 0) is 9.53 Å². The molecule has 0 N–H and O–H groups in total. The van der Waals surface area contributed by atoms with Gasteiger partial charge in [0.2, 0.25) is 0 Å². The van der Waals surface area contributed by atoms with Crippen LogP contribution < -0.4 is 10.4 Å². The van der Waals surface area contributed by atoms with Crippen molar-refractivity contribution < 1.29 is 23.6 Å². The summed E-state index contributed by atoms with van der Waals surface area (Å²) in [5, 5.41) is 21.4. The topological polar surface area (TPSA) is 133 Å². The molecule has 1 aromatic heterocycles. The van der Waals surface area contributed by atoms with Gasteiger partial charge in [0.1, 0.15) is 17.4 Å². The molecule has 0 fully saturated rings. The number of nitrogens with zero attached hydrogens (tertiary/aromatic N) is 2. The van der Waals surface area contributed by atoms with Gasteiger partial charge in [-0.1, -0.05) is 24.3 Å². The van der Waals surface area contributed by atoms with Crippen molar-refractivity contribution in [1.29, 1.82) is 5.26 Å². The molecule has 2 heterocycles. The molecule has 3 aromatic rings. The van der Waals surface area contributed by atoms with Gasteiger partial charge in [0.15, 0.2) is 0 Å². The number of hydrogen-bond donors (Lipinski definition) is 0. The first-order chi connectivity index (χ1) is 14.4. The molecule has 0 saturated carbocycles. The van der Waals surface area contributed by atoms with Crippen LogP contribution in [0, 0.1) is 21.4 Å². The molecule has 2 unspecified atom stereocenters. The third-order valence-corrected chi connectivity index (χ3v) is 4.94. The first-order valence-corrected chi connectivity index (χ1v) is 9.00. The Bertz CT molecular complexity index is 1270. The maximum Gasteiger partial charge on any atom is 0.366 e. The van der Waals surface area contributed by atoms with E-state index in [1.54, 1.807) is 31.2 Å². The van der Waals surface area contributed by atoms with Crippen LogP contribution in [0.25, 0.3) is 11.0 Å². The average molecular weight is 406 g/mol. The molecule has 9 nitrogen and oxygen atoms in total. The first-order valence-electron chi connectivity index (χ1n) is 9.00. The summed E-state index contributed by atoms with van der Waals surface area (Å²) >= 11 is 0. The van der Waals surface area contributed by atoms with E-state index in [1.165, 1.54) is 24.3 Å². The number of nitriles is 1. The molecule has 2 aromatic carbocycles. The number of hydrogen-bond acceptors (Lipinski definition) is 8. The summed E-state index contributed by atoms with van der Waals surface area (Å²) in [5.74, 6) is -2.10. The Morgan fingerprint density at radius 2 is 1.97 bits per heavy atom. The van der Waals surface area contributed by atoms with Crippen molar-refractivity contribution in [3.63, 3.8) is 0 Å². The summed E-state index contributed by atoms with van der Waals surface area (Å²) in [5.41, 5.74) is -2.61. The fourth-order valence-corrected chi connectivity index (χ4v) is 3.64. The third kappa shape index (κ3) is 2.69. The Labute approximate surface area is 169 Å². The minimum atomic E-state index is -2.19. The molecule has 4 rings (SSSR count). The van der Waals surface area contributed by atoms with Crippen LogP contribution in [0.1, 0.15) is 24.0 Å². The Balaban J connectivity index is 2.02. The van der Waals surface area contributed by atoms with Crippen molar-refractivity contribution in [3.8, 4) is 11.8 Å². The second kappa shape index (κ2) is 7.00. The lowest BCUT2D eigenvalue weighted by Gasteiger charge is -2.25. The highest BCUT2D eigenvalue weighted by atomic mass is 16.6. The van der Waals surface area contributed by atoms with Crippen molar-refractivity contribution in [2.45, 2.75) is 18.4 Å². The lowest BCUT2D eigenvalue weighted by atomic mass is 9.80. The molecule has 30 heavy (non-hydrogen) atoms. The molecule has 1 aliphatic rings. The van der Waals surface area contributed by atoms with Crippen molar-refractivity contribution in [1.82, 2.24) is 0 Å². The minimum absolute atomic E-state index is 0.00962. The molecule has 0 amide bonds. The molecule has 9 heteroatoms. The number of carbonyl (C=O) groups excluding carboxylic acids is 1. The zero-order chi connectivity index (χ0) is 21.5. The van der Waals surface area contributed by atoms with Crippen molar-refractivity contribution in [2.24, 2.45) is 0 Å². The SMILES string of the molecule is CCOC(=O)C1(C#N)Oc2c(c(=O)oc3ccccc23)C1c1ccc([N+](=O)[O-])cc1. The monoisotopic (exact) mass is 406 g/mol. The number of non-ortho nitro benzene ring substituents is 1. The number of rotatable bonds is 4. The van der Waals surface area contributed by atoms with Gasteiger partial charge in [0, 0.05) is 12.1 Å². The molecule has 150 valence electrons. The van der Waals surface area contributed by atoms with E-state index in [2.05, 4.69) is 0 Å². The summed E-state index contributed by atoms with van der Waals surface area (Å²) < 4.78 is 16.3. The van der Waals surface area contributed by atoms with Crippen LogP contribution in [0.15, 0.2) is 57.7 Å². The van der Waals surface area contributed by atoms with Crippen LogP contribution in [0.4, 0.5) is 5.69 Å². The van der Waals surface area contributed by atoms with Crippen LogP contribution in [-0.4, -0.2) is 23.1 Å². The van der Waals surface area contributed by atoms with Gasteiger partial charge >= 0.3 is 17.2 Å². The van der Waals surface area contributed by atoms with Gasteiger partial charge in [-0.2, -0.15) is 5.26 Å². The van der Waals surface area contributed by atoms with Crippen LogP contribution >= 0.6 is 0 Å². The number of para-hydroxylation sites is 1. The van der Waals surface area contributed by atoms with E-state index < -0.39 is 28.0 Å². The Morgan fingerprint density at radius 1 is 1.27 bits per heavy atom. The Hall–Kier alpha value is -4.19. The number of ether oxygens (including phenoxy) is 2.